The van der Waals surface area contributed by atoms with E-state index < -0.39 is 0 Å². The number of hydrogen-bond acceptors (Lipinski definition) is 3. The van der Waals surface area contributed by atoms with E-state index in [0.717, 1.165) is 17.4 Å². The second-order valence-electron chi connectivity index (χ2n) is 4.11. The smallest absolute Gasteiger partial charge is 0.113 e. The van der Waals surface area contributed by atoms with Crippen LogP contribution in [0.1, 0.15) is 25.0 Å². The van der Waals surface area contributed by atoms with Gasteiger partial charge in [0.2, 0.25) is 0 Å². The van der Waals surface area contributed by atoms with Crippen LogP contribution in [0.2, 0.25) is 0 Å². The van der Waals surface area contributed by atoms with E-state index in [4.69, 9.17) is 4.42 Å². The lowest BCUT2D eigenvalue weighted by atomic mass is 9.96. The zero-order valence-electron chi connectivity index (χ0n) is 9.08. The van der Waals surface area contributed by atoms with Gasteiger partial charge in [-0.25, -0.2) is 0 Å². The second kappa shape index (κ2) is 6.23. The zero-order chi connectivity index (χ0) is 10.3. The van der Waals surface area contributed by atoms with Crippen LogP contribution in [0.15, 0.2) is 22.8 Å². The molecule has 3 heteroatoms. The van der Waals surface area contributed by atoms with Gasteiger partial charge in [-0.15, -0.1) is 0 Å². The molecule has 1 aliphatic rings. The van der Waals surface area contributed by atoms with Crippen LogP contribution in [0.3, 0.4) is 0 Å². The standard InChI is InChI=1S/C12H19NOS/c1-2-12(14-8-1)10-15-9-5-11-3-6-13-7-4-11/h1-2,8,11,13H,3-7,9-10H2. The number of rotatable bonds is 5. The maximum atomic E-state index is 5.29. The molecule has 0 amide bonds. The summed E-state index contributed by atoms with van der Waals surface area (Å²) in [5.74, 6) is 4.35. The molecule has 1 fully saturated rings. The predicted molar refractivity (Wildman–Crippen MR) is 65.1 cm³/mol. The number of piperidine rings is 1. The molecule has 0 radical (unpaired) electrons. The lowest BCUT2D eigenvalue weighted by molar-refractivity contribution is 0.367. The van der Waals surface area contributed by atoms with E-state index in [1.807, 2.05) is 17.8 Å². The molecule has 1 aromatic rings. The Morgan fingerprint density at radius 3 is 3.00 bits per heavy atom. The SMILES string of the molecule is c1coc(CSCCC2CCNCC2)c1. The van der Waals surface area contributed by atoms with E-state index in [2.05, 4.69) is 11.4 Å². The maximum Gasteiger partial charge on any atom is 0.113 e. The average Bonchev–Trinajstić information content (AvgIpc) is 2.79. The monoisotopic (exact) mass is 225 g/mol. The molecule has 1 N–H and O–H groups in total. The second-order valence-corrected chi connectivity index (χ2v) is 5.22. The minimum absolute atomic E-state index is 0.954. The summed E-state index contributed by atoms with van der Waals surface area (Å²) >= 11 is 1.99. The molecule has 84 valence electrons. The summed E-state index contributed by atoms with van der Waals surface area (Å²) in [7, 11) is 0. The van der Waals surface area contributed by atoms with Crippen molar-refractivity contribution in [3.8, 4) is 0 Å². The molecule has 0 saturated carbocycles. The minimum atomic E-state index is 0.954. The fourth-order valence-corrected chi connectivity index (χ4v) is 3.00. The number of hydrogen-bond donors (Lipinski definition) is 1. The molecule has 0 aromatic carbocycles. The Labute approximate surface area is 95.8 Å². The van der Waals surface area contributed by atoms with Gasteiger partial charge in [-0.05, 0) is 56.2 Å². The fourth-order valence-electron chi connectivity index (χ4n) is 1.99. The number of furan rings is 1. The summed E-state index contributed by atoms with van der Waals surface area (Å²) < 4.78 is 5.29. The molecule has 0 atom stereocenters. The van der Waals surface area contributed by atoms with Gasteiger partial charge in [0.15, 0.2) is 0 Å². The summed E-state index contributed by atoms with van der Waals surface area (Å²) in [6, 6.07) is 4.01. The highest BCUT2D eigenvalue weighted by molar-refractivity contribution is 7.98. The van der Waals surface area contributed by atoms with Crippen molar-refractivity contribution in [1.29, 1.82) is 0 Å². The van der Waals surface area contributed by atoms with Crippen LogP contribution in [-0.2, 0) is 5.75 Å². The van der Waals surface area contributed by atoms with Gasteiger partial charge < -0.3 is 9.73 Å². The van der Waals surface area contributed by atoms with Crippen LogP contribution < -0.4 is 5.32 Å². The van der Waals surface area contributed by atoms with Crippen LogP contribution in [0.25, 0.3) is 0 Å². The predicted octanol–water partition coefficient (Wildman–Crippen LogP) is 2.90. The van der Waals surface area contributed by atoms with Crippen LogP contribution in [0, 0.1) is 5.92 Å². The molecule has 1 aliphatic heterocycles. The maximum absolute atomic E-state index is 5.29. The van der Waals surface area contributed by atoms with E-state index >= 15 is 0 Å². The van der Waals surface area contributed by atoms with Crippen LogP contribution in [0.4, 0.5) is 0 Å². The number of thioether (sulfide) groups is 1. The molecular formula is C12H19NOS. The Morgan fingerprint density at radius 1 is 1.40 bits per heavy atom. The summed E-state index contributed by atoms with van der Waals surface area (Å²) in [6.45, 7) is 2.43. The third-order valence-electron chi connectivity index (χ3n) is 2.95. The lowest BCUT2D eigenvalue weighted by Gasteiger charge is -2.22. The molecule has 1 aromatic heterocycles. The Balaban J connectivity index is 1.54. The first-order chi connectivity index (χ1) is 7.45. The Morgan fingerprint density at radius 2 is 2.27 bits per heavy atom. The largest absolute Gasteiger partial charge is 0.468 e. The van der Waals surface area contributed by atoms with Crippen LogP contribution in [0.5, 0.6) is 0 Å². The Kier molecular flexibility index (Phi) is 4.61. The van der Waals surface area contributed by atoms with Crippen molar-refractivity contribution in [2.24, 2.45) is 5.92 Å². The van der Waals surface area contributed by atoms with Gasteiger partial charge in [0.25, 0.3) is 0 Å². The minimum Gasteiger partial charge on any atom is -0.468 e. The van der Waals surface area contributed by atoms with Gasteiger partial charge in [-0.3, -0.25) is 0 Å². The first kappa shape index (κ1) is 11.1. The molecule has 2 heterocycles. The van der Waals surface area contributed by atoms with E-state index in [9.17, 15) is 0 Å². The molecule has 0 spiro atoms. The summed E-state index contributed by atoms with van der Waals surface area (Å²) in [5, 5.41) is 3.41. The molecular weight excluding hydrogens is 206 g/mol. The topological polar surface area (TPSA) is 25.2 Å². The molecule has 1 saturated heterocycles. The van der Waals surface area contributed by atoms with Crippen LogP contribution in [-0.4, -0.2) is 18.8 Å². The van der Waals surface area contributed by atoms with Crippen LogP contribution >= 0.6 is 11.8 Å². The van der Waals surface area contributed by atoms with Gasteiger partial charge in [-0.2, -0.15) is 11.8 Å². The lowest BCUT2D eigenvalue weighted by Crippen LogP contribution is -2.27. The fraction of sp³-hybridized carbons (Fsp3) is 0.667. The Hall–Kier alpha value is -0.410. The van der Waals surface area contributed by atoms with Crippen molar-refractivity contribution in [2.45, 2.75) is 25.0 Å². The van der Waals surface area contributed by atoms with Gasteiger partial charge in [0.1, 0.15) is 5.76 Å². The highest BCUT2D eigenvalue weighted by Gasteiger charge is 2.12. The highest BCUT2D eigenvalue weighted by atomic mass is 32.2. The van der Waals surface area contributed by atoms with E-state index in [-0.39, 0.29) is 0 Å². The third-order valence-corrected chi connectivity index (χ3v) is 3.97. The van der Waals surface area contributed by atoms with Crippen molar-refractivity contribution in [1.82, 2.24) is 5.32 Å². The van der Waals surface area contributed by atoms with Gasteiger partial charge in [0, 0.05) is 0 Å². The normalized spacial score (nSPS) is 18.1. The number of nitrogens with one attached hydrogen (secondary N) is 1. The first-order valence-corrected chi connectivity index (χ1v) is 6.91. The first-order valence-electron chi connectivity index (χ1n) is 5.76. The van der Waals surface area contributed by atoms with Crippen molar-refractivity contribution in [2.75, 3.05) is 18.8 Å². The van der Waals surface area contributed by atoms with Crippen molar-refractivity contribution >= 4 is 11.8 Å². The Bertz CT molecular complexity index is 255. The van der Waals surface area contributed by atoms with E-state index in [1.54, 1.807) is 6.26 Å². The van der Waals surface area contributed by atoms with E-state index in [0.29, 0.717) is 0 Å². The molecule has 2 nitrogen and oxygen atoms in total. The quantitative estimate of drug-likeness (QED) is 0.780. The van der Waals surface area contributed by atoms with Gasteiger partial charge >= 0.3 is 0 Å². The summed E-state index contributed by atoms with van der Waals surface area (Å²) in [5.41, 5.74) is 0. The van der Waals surface area contributed by atoms with Gasteiger partial charge in [0.05, 0.1) is 12.0 Å². The van der Waals surface area contributed by atoms with E-state index in [1.165, 1.54) is 38.1 Å². The highest BCUT2D eigenvalue weighted by Crippen LogP contribution is 2.20. The zero-order valence-corrected chi connectivity index (χ0v) is 9.89. The molecule has 0 unspecified atom stereocenters. The van der Waals surface area contributed by atoms with Crippen molar-refractivity contribution in [3.63, 3.8) is 0 Å². The van der Waals surface area contributed by atoms with Gasteiger partial charge in [-0.1, -0.05) is 0 Å². The third kappa shape index (κ3) is 3.92. The van der Waals surface area contributed by atoms with Crippen molar-refractivity contribution < 1.29 is 4.42 Å². The molecule has 0 bridgehead atoms. The average molecular weight is 225 g/mol. The molecule has 2 rings (SSSR count). The molecule has 15 heavy (non-hydrogen) atoms. The van der Waals surface area contributed by atoms with Crippen molar-refractivity contribution in [3.05, 3.63) is 24.2 Å². The molecule has 0 aliphatic carbocycles. The summed E-state index contributed by atoms with van der Waals surface area (Å²) in [6.07, 6.45) is 5.85. The summed E-state index contributed by atoms with van der Waals surface area (Å²) in [4.78, 5) is 0.